The third-order valence-electron chi connectivity index (χ3n) is 9.34. The second-order valence-corrected chi connectivity index (χ2v) is 10.4. The van der Waals surface area contributed by atoms with Crippen molar-refractivity contribution in [2.24, 2.45) is 45.4 Å². The number of fused-ring (bicyclic) bond motifs is 5. The molecule has 0 aromatic carbocycles. The van der Waals surface area contributed by atoms with Gasteiger partial charge in [0.25, 0.3) is 0 Å². The molecule has 0 heterocycles. The number of allylic oxidation sites excluding steroid dienone is 1. The van der Waals surface area contributed by atoms with Gasteiger partial charge in [0, 0.05) is 0 Å². The molecule has 4 aliphatic carbocycles. The van der Waals surface area contributed by atoms with Crippen molar-refractivity contribution in [3.63, 3.8) is 0 Å². The molecule has 4 saturated carbocycles. The van der Waals surface area contributed by atoms with E-state index in [0.717, 1.165) is 56.1 Å². The molecule has 0 amide bonds. The Labute approximate surface area is 166 Å². The van der Waals surface area contributed by atoms with Crippen molar-refractivity contribution in [2.45, 2.75) is 84.5 Å². The van der Waals surface area contributed by atoms with E-state index >= 15 is 0 Å². The summed E-state index contributed by atoms with van der Waals surface area (Å²) >= 11 is 0. The average molecular weight is 373 g/mol. The summed E-state index contributed by atoms with van der Waals surface area (Å²) in [6.45, 7) is 11.1. The summed E-state index contributed by atoms with van der Waals surface area (Å²) in [7, 11) is 0. The highest BCUT2D eigenvalue weighted by atomic mass is 16.6. The molecule has 4 aliphatic rings. The van der Waals surface area contributed by atoms with Crippen LogP contribution >= 0.6 is 0 Å². The topological polar surface area (TPSA) is 47.6 Å². The summed E-state index contributed by atoms with van der Waals surface area (Å²) in [5.74, 6) is 3.58. The number of unbranched alkanes of at least 4 members (excludes halogenated alkanes) is 1. The number of hydrogen-bond donors (Lipinski definition) is 1. The van der Waals surface area contributed by atoms with Crippen LogP contribution in [0.15, 0.2) is 17.3 Å². The fourth-order valence-electron chi connectivity index (χ4n) is 7.50. The van der Waals surface area contributed by atoms with Gasteiger partial charge in [0.05, 0.1) is 5.71 Å². The first-order chi connectivity index (χ1) is 13.0. The Bertz CT molecular complexity index is 599. The summed E-state index contributed by atoms with van der Waals surface area (Å²) in [6, 6.07) is 0. The second-order valence-electron chi connectivity index (χ2n) is 10.4. The number of nitrogens with two attached hydrogens (primary N) is 1. The van der Waals surface area contributed by atoms with E-state index in [2.05, 4.69) is 25.6 Å². The molecule has 0 aliphatic heterocycles. The van der Waals surface area contributed by atoms with Gasteiger partial charge < -0.3 is 10.6 Å². The highest BCUT2D eigenvalue weighted by molar-refractivity contribution is 5.85. The number of rotatable bonds is 5. The second kappa shape index (κ2) is 7.54. The van der Waals surface area contributed by atoms with Crippen molar-refractivity contribution in [3.05, 3.63) is 12.2 Å². The Hall–Kier alpha value is -0.830. The lowest BCUT2D eigenvalue weighted by Gasteiger charge is -2.60. The zero-order chi connectivity index (χ0) is 19.1. The third-order valence-corrected chi connectivity index (χ3v) is 9.34. The quantitative estimate of drug-likeness (QED) is 0.382. The molecule has 152 valence electrons. The molecule has 4 unspecified atom stereocenters. The molecular weight excluding hydrogens is 332 g/mol. The van der Waals surface area contributed by atoms with E-state index in [1.807, 2.05) is 0 Å². The van der Waals surface area contributed by atoms with Gasteiger partial charge in [0.2, 0.25) is 0 Å². The van der Waals surface area contributed by atoms with Crippen LogP contribution in [0, 0.1) is 34.5 Å². The Balaban J connectivity index is 1.42. The maximum absolute atomic E-state index is 5.60. The zero-order valence-corrected chi connectivity index (χ0v) is 17.6. The smallest absolute Gasteiger partial charge is 0.117 e. The van der Waals surface area contributed by atoms with E-state index in [0.29, 0.717) is 10.8 Å². The van der Waals surface area contributed by atoms with Gasteiger partial charge in [-0.3, -0.25) is 0 Å². The maximum Gasteiger partial charge on any atom is 0.117 e. The molecule has 0 radical (unpaired) electrons. The minimum atomic E-state index is 0.447. The van der Waals surface area contributed by atoms with Crippen LogP contribution in [0.5, 0.6) is 0 Å². The fourth-order valence-corrected chi connectivity index (χ4v) is 7.50. The van der Waals surface area contributed by atoms with Gasteiger partial charge >= 0.3 is 0 Å². The molecule has 0 saturated heterocycles. The largest absolute Gasteiger partial charge is 0.396 e. The molecule has 3 heteroatoms. The molecule has 0 spiro atoms. The first-order valence-corrected chi connectivity index (χ1v) is 11.5. The van der Waals surface area contributed by atoms with Gasteiger partial charge in [0.15, 0.2) is 0 Å². The van der Waals surface area contributed by atoms with Crippen LogP contribution in [-0.4, -0.2) is 18.9 Å². The van der Waals surface area contributed by atoms with Crippen LogP contribution in [0.4, 0.5) is 0 Å². The highest BCUT2D eigenvalue weighted by Crippen LogP contribution is 2.66. The Morgan fingerprint density at radius 2 is 1.93 bits per heavy atom. The van der Waals surface area contributed by atoms with Crippen molar-refractivity contribution in [3.8, 4) is 0 Å². The van der Waals surface area contributed by atoms with Gasteiger partial charge in [-0.05, 0) is 112 Å². The predicted molar refractivity (Wildman–Crippen MR) is 113 cm³/mol. The first kappa shape index (κ1) is 19.5. The van der Waals surface area contributed by atoms with Crippen LogP contribution in [0.2, 0.25) is 0 Å². The molecule has 3 nitrogen and oxygen atoms in total. The van der Waals surface area contributed by atoms with Crippen LogP contribution < -0.4 is 5.73 Å². The van der Waals surface area contributed by atoms with Gasteiger partial charge in [-0.2, -0.15) is 0 Å². The molecule has 4 rings (SSSR count). The molecule has 2 N–H and O–H groups in total. The van der Waals surface area contributed by atoms with Crippen LogP contribution in [0.3, 0.4) is 0 Å². The number of hydrogen-bond acceptors (Lipinski definition) is 3. The van der Waals surface area contributed by atoms with Crippen molar-refractivity contribution < 1.29 is 4.84 Å². The molecule has 0 bridgehead atoms. The monoisotopic (exact) mass is 372 g/mol. The SMILES string of the molecule is C=C1CCC2C3CCC4CC(=NOCCCCN)CC[C@]4(C)C3CC[C@]12C. The van der Waals surface area contributed by atoms with E-state index in [-0.39, 0.29) is 0 Å². The maximum atomic E-state index is 5.60. The van der Waals surface area contributed by atoms with Crippen molar-refractivity contribution in [1.29, 1.82) is 0 Å². The molecule has 6 atom stereocenters. The van der Waals surface area contributed by atoms with Crippen molar-refractivity contribution >= 4 is 5.71 Å². The Morgan fingerprint density at radius 1 is 1.07 bits per heavy atom. The average Bonchev–Trinajstić information content (AvgIpc) is 2.97. The Morgan fingerprint density at radius 3 is 2.74 bits per heavy atom. The number of oxime groups is 1. The summed E-state index contributed by atoms with van der Waals surface area (Å²) < 4.78 is 0. The van der Waals surface area contributed by atoms with Crippen LogP contribution in [-0.2, 0) is 4.84 Å². The van der Waals surface area contributed by atoms with Crippen molar-refractivity contribution in [2.75, 3.05) is 13.2 Å². The van der Waals surface area contributed by atoms with Crippen molar-refractivity contribution in [1.82, 2.24) is 0 Å². The number of nitrogens with zero attached hydrogens (tertiary/aromatic N) is 1. The summed E-state index contributed by atoms with van der Waals surface area (Å²) in [6.07, 6.45) is 14.0. The standard InChI is InChI=1S/C24H40N2O/c1-17-6-9-21-20-8-7-18-16-19(26-27-15-5-4-14-25)10-12-24(18,3)22(20)11-13-23(17,21)2/h18,20-22H,1,4-16,25H2,2-3H3/t18?,20?,21?,22?,23-,24+/m1/s1. The van der Waals surface area contributed by atoms with Crippen LogP contribution in [0.1, 0.15) is 84.5 Å². The predicted octanol–water partition coefficient (Wildman–Crippen LogP) is 5.70. The lowest BCUT2D eigenvalue weighted by molar-refractivity contribution is -0.0859. The van der Waals surface area contributed by atoms with Gasteiger partial charge in [-0.15, -0.1) is 0 Å². The van der Waals surface area contributed by atoms with E-state index in [9.17, 15) is 0 Å². The molecule has 4 fully saturated rings. The summed E-state index contributed by atoms with van der Waals surface area (Å²) in [5, 5.41) is 4.52. The lowest BCUT2D eigenvalue weighted by atomic mass is 9.45. The van der Waals surface area contributed by atoms with E-state index < -0.39 is 0 Å². The minimum Gasteiger partial charge on any atom is -0.396 e. The molecular formula is C24H40N2O. The lowest BCUT2D eigenvalue weighted by Crippen LogP contribution is -2.52. The van der Waals surface area contributed by atoms with Gasteiger partial charge in [-0.25, -0.2) is 0 Å². The third kappa shape index (κ3) is 3.28. The zero-order valence-electron chi connectivity index (χ0n) is 17.6. The summed E-state index contributed by atoms with van der Waals surface area (Å²) in [4.78, 5) is 5.60. The Kier molecular flexibility index (Phi) is 5.44. The van der Waals surface area contributed by atoms with E-state index in [1.165, 1.54) is 57.1 Å². The molecule has 0 aromatic rings. The molecule has 27 heavy (non-hydrogen) atoms. The van der Waals surface area contributed by atoms with Gasteiger partial charge in [0.1, 0.15) is 6.61 Å². The normalized spacial score (nSPS) is 45.3. The van der Waals surface area contributed by atoms with Crippen LogP contribution in [0.25, 0.3) is 0 Å². The first-order valence-electron chi connectivity index (χ1n) is 11.5. The fraction of sp³-hybridized carbons (Fsp3) is 0.875. The highest BCUT2D eigenvalue weighted by Gasteiger charge is 2.58. The minimum absolute atomic E-state index is 0.447. The van der Waals surface area contributed by atoms with Gasteiger partial charge in [-0.1, -0.05) is 31.2 Å². The van der Waals surface area contributed by atoms with E-state index in [4.69, 9.17) is 10.6 Å². The molecule has 0 aromatic heterocycles. The summed E-state index contributed by atoms with van der Waals surface area (Å²) in [5.41, 5.74) is 9.39. The van der Waals surface area contributed by atoms with E-state index in [1.54, 1.807) is 5.57 Å².